The van der Waals surface area contributed by atoms with Crippen molar-refractivity contribution in [2.75, 3.05) is 6.61 Å². The number of hydrogen-bond donors (Lipinski definition) is 3. The summed E-state index contributed by atoms with van der Waals surface area (Å²) in [6.45, 7) is 2.11. The molecule has 3 rings (SSSR count). The van der Waals surface area contributed by atoms with E-state index in [1.807, 2.05) is 30.3 Å². The Morgan fingerprint density at radius 3 is 2.47 bits per heavy atom. The van der Waals surface area contributed by atoms with Crippen molar-refractivity contribution < 1.29 is 19.1 Å². The van der Waals surface area contributed by atoms with Crippen molar-refractivity contribution in [3.63, 3.8) is 0 Å². The zero-order valence-corrected chi connectivity index (χ0v) is 18.9. The molecule has 5 N–H and O–H groups in total. The molecule has 0 saturated heterocycles. The molecule has 2 aliphatic carbocycles. The van der Waals surface area contributed by atoms with Gasteiger partial charge < -0.3 is 26.3 Å². The van der Waals surface area contributed by atoms with Crippen LogP contribution in [0.3, 0.4) is 0 Å². The zero-order chi connectivity index (χ0) is 22.9. The van der Waals surface area contributed by atoms with Gasteiger partial charge in [0, 0.05) is 12.0 Å². The predicted octanol–water partition coefficient (Wildman–Crippen LogP) is 2.57. The average Bonchev–Trinajstić information content (AvgIpc) is 2.79. The second-order valence-corrected chi connectivity index (χ2v) is 8.73. The topological polar surface area (TPSA) is 129 Å². The number of aliphatic imine (C=N–C) groups is 1. The molecule has 176 valence electrons. The van der Waals surface area contributed by atoms with Gasteiger partial charge in [-0.25, -0.2) is 4.79 Å². The van der Waals surface area contributed by atoms with Gasteiger partial charge in [0.1, 0.15) is 0 Å². The van der Waals surface area contributed by atoms with Crippen molar-refractivity contribution in [2.24, 2.45) is 22.4 Å². The van der Waals surface area contributed by atoms with E-state index in [9.17, 15) is 9.59 Å². The molecule has 8 heteroatoms. The first-order chi connectivity index (χ1) is 15.5. The predicted molar refractivity (Wildman–Crippen MR) is 123 cm³/mol. The Morgan fingerprint density at radius 2 is 1.81 bits per heavy atom. The second-order valence-electron chi connectivity index (χ2n) is 8.73. The van der Waals surface area contributed by atoms with E-state index in [-0.39, 0.29) is 41.9 Å². The normalized spacial score (nSPS) is 26.5. The van der Waals surface area contributed by atoms with Crippen LogP contribution in [0.4, 0.5) is 0 Å². The first-order valence-electron chi connectivity index (χ1n) is 11.7. The van der Waals surface area contributed by atoms with Crippen molar-refractivity contribution in [2.45, 2.75) is 82.6 Å². The molecule has 32 heavy (non-hydrogen) atoms. The molecular weight excluding hydrogens is 408 g/mol. The molecular formula is C24H36N4O4. The van der Waals surface area contributed by atoms with Gasteiger partial charge in [0.15, 0.2) is 12.1 Å². The molecule has 0 aliphatic heterocycles. The fraction of sp³-hybridized carbons (Fsp3) is 0.625. The lowest BCUT2D eigenvalue weighted by atomic mass is 9.84. The molecule has 1 aromatic carbocycles. The zero-order valence-electron chi connectivity index (χ0n) is 18.9. The van der Waals surface area contributed by atoms with Crippen molar-refractivity contribution in [1.82, 2.24) is 5.32 Å². The summed E-state index contributed by atoms with van der Waals surface area (Å²) in [6.07, 6.45) is 5.90. The van der Waals surface area contributed by atoms with Crippen molar-refractivity contribution >= 4 is 17.8 Å². The summed E-state index contributed by atoms with van der Waals surface area (Å²) in [5.41, 5.74) is 11.8. The van der Waals surface area contributed by atoms with E-state index in [0.717, 1.165) is 50.5 Å². The standard InChI is InChI=1S/C24H36N4O4/c1-2-31-23(30)21(16-7-4-3-5-8-16)32-20-13-11-18(12-14-20)27-22(29)17-9-6-10-19(15-17)28-24(25)26/h3-5,7-8,17-21H,2,6,9-15H2,1H3,(H,27,29)(H4,25,26,28). The summed E-state index contributed by atoms with van der Waals surface area (Å²) >= 11 is 0. The van der Waals surface area contributed by atoms with Crippen LogP contribution in [-0.4, -0.2) is 42.6 Å². The van der Waals surface area contributed by atoms with Gasteiger partial charge in [-0.3, -0.25) is 9.79 Å². The van der Waals surface area contributed by atoms with E-state index in [4.69, 9.17) is 20.9 Å². The number of nitrogens with two attached hydrogens (primary N) is 2. The molecule has 8 nitrogen and oxygen atoms in total. The number of carbonyl (C=O) groups excluding carboxylic acids is 2. The van der Waals surface area contributed by atoms with Crippen molar-refractivity contribution in [3.05, 3.63) is 35.9 Å². The van der Waals surface area contributed by atoms with Gasteiger partial charge in [0.05, 0.1) is 18.8 Å². The molecule has 1 amide bonds. The number of hydrogen-bond acceptors (Lipinski definition) is 5. The van der Waals surface area contributed by atoms with Gasteiger partial charge in [-0.2, -0.15) is 0 Å². The molecule has 0 heterocycles. The fourth-order valence-electron chi connectivity index (χ4n) is 4.70. The molecule has 0 aromatic heterocycles. The van der Waals surface area contributed by atoms with Gasteiger partial charge in [0.2, 0.25) is 5.91 Å². The summed E-state index contributed by atoms with van der Waals surface area (Å²) in [5, 5.41) is 3.21. The third kappa shape index (κ3) is 6.95. The van der Waals surface area contributed by atoms with Gasteiger partial charge in [-0.15, -0.1) is 0 Å². The number of amides is 1. The average molecular weight is 445 g/mol. The molecule has 2 aliphatic rings. The van der Waals surface area contributed by atoms with Crippen LogP contribution >= 0.6 is 0 Å². The molecule has 3 unspecified atom stereocenters. The van der Waals surface area contributed by atoms with E-state index >= 15 is 0 Å². The quantitative estimate of drug-likeness (QED) is 0.321. The number of nitrogens with one attached hydrogen (secondary N) is 1. The highest BCUT2D eigenvalue weighted by Gasteiger charge is 2.32. The van der Waals surface area contributed by atoms with E-state index < -0.39 is 6.10 Å². The van der Waals surface area contributed by atoms with Gasteiger partial charge in [-0.05, 0) is 57.4 Å². The SMILES string of the molecule is CCOC(=O)C(OC1CCC(NC(=O)C2CCCC(N=C(N)N)C2)CC1)c1ccccc1. The molecule has 1 aromatic rings. The maximum atomic E-state index is 12.8. The maximum absolute atomic E-state index is 12.8. The number of benzene rings is 1. The summed E-state index contributed by atoms with van der Waals surface area (Å²) < 4.78 is 11.4. The Labute approximate surface area is 190 Å². The Kier molecular flexibility index (Phi) is 8.90. The minimum Gasteiger partial charge on any atom is -0.464 e. The van der Waals surface area contributed by atoms with Crippen LogP contribution in [0.1, 0.15) is 70.0 Å². The first kappa shape index (κ1) is 24.0. The Morgan fingerprint density at radius 1 is 1.09 bits per heavy atom. The fourth-order valence-corrected chi connectivity index (χ4v) is 4.70. The lowest BCUT2D eigenvalue weighted by Gasteiger charge is -2.33. The van der Waals surface area contributed by atoms with Crippen molar-refractivity contribution in [3.8, 4) is 0 Å². The minimum absolute atomic E-state index is 0.0337. The maximum Gasteiger partial charge on any atom is 0.339 e. The summed E-state index contributed by atoms with van der Waals surface area (Å²) in [6, 6.07) is 9.61. The third-order valence-corrected chi connectivity index (χ3v) is 6.30. The highest BCUT2D eigenvalue weighted by molar-refractivity contribution is 5.79. The smallest absolute Gasteiger partial charge is 0.339 e. The summed E-state index contributed by atoms with van der Waals surface area (Å²) in [7, 11) is 0. The van der Waals surface area contributed by atoms with Crippen LogP contribution in [0.15, 0.2) is 35.3 Å². The largest absolute Gasteiger partial charge is 0.464 e. The number of esters is 1. The third-order valence-electron chi connectivity index (χ3n) is 6.30. The number of ether oxygens (including phenoxy) is 2. The van der Waals surface area contributed by atoms with E-state index in [0.29, 0.717) is 13.0 Å². The van der Waals surface area contributed by atoms with Crippen LogP contribution in [0, 0.1) is 5.92 Å². The molecule has 0 spiro atoms. The second kappa shape index (κ2) is 11.9. The highest BCUT2D eigenvalue weighted by Crippen LogP contribution is 2.30. The van der Waals surface area contributed by atoms with Gasteiger partial charge in [0.25, 0.3) is 0 Å². The lowest BCUT2D eigenvalue weighted by molar-refractivity contribution is -0.162. The number of nitrogens with zero attached hydrogens (tertiary/aromatic N) is 1. The van der Waals surface area contributed by atoms with Crippen LogP contribution in [0.25, 0.3) is 0 Å². The molecule has 2 fully saturated rings. The van der Waals surface area contributed by atoms with E-state index in [2.05, 4.69) is 10.3 Å². The minimum atomic E-state index is -0.720. The van der Waals surface area contributed by atoms with Crippen LogP contribution in [0.2, 0.25) is 0 Å². The number of guanidine groups is 1. The molecule has 0 radical (unpaired) electrons. The number of rotatable bonds is 8. The lowest BCUT2D eigenvalue weighted by Crippen LogP contribution is -2.43. The number of carbonyl (C=O) groups is 2. The summed E-state index contributed by atoms with van der Waals surface area (Å²) in [5.74, 6) is -0.219. The molecule has 0 bridgehead atoms. The van der Waals surface area contributed by atoms with Gasteiger partial charge >= 0.3 is 5.97 Å². The first-order valence-corrected chi connectivity index (χ1v) is 11.7. The molecule has 3 atom stereocenters. The van der Waals surface area contributed by atoms with Crippen LogP contribution in [-0.2, 0) is 19.1 Å². The Balaban J connectivity index is 1.49. The monoisotopic (exact) mass is 444 g/mol. The van der Waals surface area contributed by atoms with E-state index in [1.54, 1.807) is 6.92 Å². The molecule has 2 saturated carbocycles. The van der Waals surface area contributed by atoms with E-state index in [1.165, 1.54) is 0 Å². The highest BCUT2D eigenvalue weighted by atomic mass is 16.6. The van der Waals surface area contributed by atoms with Crippen molar-refractivity contribution in [1.29, 1.82) is 0 Å². The summed E-state index contributed by atoms with van der Waals surface area (Å²) in [4.78, 5) is 29.5. The van der Waals surface area contributed by atoms with Crippen LogP contribution < -0.4 is 16.8 Å². The Bertz CT molecular complexity index is 773. The Hall–Kier alpha value is -2.61. The van der Waals surface area contributed by atoms with Crippen LogP contribution in [0.5, 0.6) is 0 Å². The van der Waals surface area contributed by atoms with Gasteiger partial charge in [-0.1, -0.05) is 36.8 Å².